The number of piperidine rings is 1. The number of aryl methyl sites for hydroxylation is 1. The van der Waals surface area contributed by atoms with Crippen molar-refractivity contribution in [1.29, 1.82) is 0 Å². The first kappa shape index (κ1) is 15.2. The van der Waals surface area contributed by atoms with E-state index in [1.54, 1.807) is 0 Å². The number of ketones is 1. The normalized spacial score (nSPS) is 16.2. The highest BCUT2D eigenvalue weighted by atomic mass is 79.9. The first-order valence-electron chi connectivity index (χ1n) is 6.91. The van der Waals surface area contributed by atoms with Crippen molar-refractivity contribution in [2.75, 3.05) is 25.0 Å². The molecule has 0 spiro atoms. The molecule has 2 rings (SSSR count). The van der Waals surface area contributed by atoms with Gasteiger partial charge in [0.05, 0.1) is 6.54 Å². The van der Waals surface area contributed by atoms with E-state index < -0.39 is 0 Å². The fourth-order valence-corrected chi connectivity index (χ4v) is 2.94. The van der Waals surface area contributed by atoms with Crippen LogP contribution < -0.4 is 5.32 Å². The van der Waals surface area contributed by atoms with Gasteiger partial charge in [0, 0.05) is 36.1 Å². The number of likely N-dealkylation sites (tertiary alicyclic amines) is 1. The summed E-state index contributed by atoms with van der Waals surface area (Å²) in [5.74, 6) is 0.260. The minimum atomic E-state index is -0.0319. The predicted octanol–water partition coefficient (Wildman–Crippen LogP) is 2.61. The van der Waals surface area contributed by atoms with Crippen LogP contribution in [0.5, 0.6) is 0 Å². The van der Waals surface area contributed by atoms with Gasteiger partial charge in [-0.15, -0.1) is 0 Å². The molecule has 1 aromatic rings. The summed E-state index contributed by atoms with van der Waals surface area (Å²) in [7, 11) is 0. The van der Waals surface area contributed by atoms with Gasteiger partial charge in [0.2, 0.25) is 5.91 Å². The molecule has 5 heteroatoms. The number of amides is 1. The molecule has 108 valence electrons. The van der Waals surface area contributed by atoms with Crippen LogP contribution in [0.15, 0.2) is 22.7 Å². The van der Waals surface area contributed by atoms with E-state index in [4.69, 9.17) is 0 Å². The lowest BCUT2D eigenvalue weighted by Gasteiger charge is -2.24. The number of hydrogen-bond acceptors (Lipinski definition) is 3. The lowest BCUT2D eigenvalue weighted by atomic mass is 10.1. The van der Waals surface area contributed by atoms with Crippen LogP contribution in [0.2, 0.25) is 0 Å². The van der Waals surface area contributed by atoms with Gasteiger partial charge >= 0.3 is 0 Å². The summed E-state index contributed by atoms with van der Waals surface area (Å²) < 4.78 is 1.02. The lowest BCUT2D eigenvalue weighted by Crippen LogP contribution is -2.39. The quantitative estimate of drug-likeness (QED) is 0.917. The van der Waals surface area contributed by atoms with E-state index in [9.17, 15) is 9.59 Å². The van der Waals surface area contributed by atoms with Gasteiger partial charge in [-0.2, -0.15) is 0 Å². The van der Waals surface area contributed by atoms with E-state index in [1.165, 1.54) is 5.56 Å². The molecule has 0 bridgehead atoms. The van der Waals surface area contributed by atoms with Crippen LogP contribution in [-0.4, -0.2) is 36.2 Å². The summed E-state index contributed by atoms with van der Waals surface area (Å²) in [5.41, 5.74) is 2.02. The van der Waals surface area contributed by atoms with Crippen molar-refractivity contribution in [3.05, 3.63) is 28.2 Å². The Morgan fingerprint density at radius 2 is 2.05 bits per heavy atom. The van der Waals surface area contributed by atoms with Crippen LogP contribution in [-0.2, 0) is 16.0 Å². The summed E-state index contributed by atoms with van der Waals surface area (Å²) in [5, 5.41) is 2.90. The van der Waals surface area contributed by atoms with Gasteiger partial charge in [0.25, 0.3) is 0 Å². The average Bonchev–Trinajstić information content (AvgIpc) is 2.41. The first-order chi connectivity index (χ1) is 9.58. The van der Waals surface area contributed by atoms with Crippen LogP contribution in [0.3, 0.4) is 0 Å². The minimum absolute atomic E-state index is 0.0319. The summed E-state index contributed by atoms with van der Waals surface area (Å²) >= 11 is 3.50. The molecule has 0 aliphatic carbocycles. The third-order valence-corrected chi connectivity index (χ3v) is 4.24. The van der Waals surface area contributed by atoms with Crippen molar-refractivity contribution in [3.63, 3.8) is 0 Å². The number of benzene rings is 1. The summed E-state index contributed by atoms with van der Waals surface area (Å²) in [6.07, 6.45) is 2.07. The van der Waals surface area contributed by atoms with Crippen LogP contribution in [0.1, 0.15) is 25.3 Å². The van der Waals surface area contributed by atoms with Crippen molar-refractivity contribution in [3.8, 4) is 0 Å². The number of hydrogen-bond donors (Lipinski definition) is 1. The zero-order valence-electron chi connectivity index (χ0n) is 11.6. The molecule has 0 aromatic heterocycles. The third kappa shape index (κ3) is 4.15. The van der Waals surface area contributed by atoms with E-state index in [0.717, 1.165) is 16.6 Å². The third-order valence-electron chi connectivity index (χ3n) is 3.50. The number of carbonyl (C=O) groups excluding carboxylic acids is 2. The topological polar surface area (TPSA) is 49.4 Å². The Balaban J connectivity index is 1.88. The molecule has 0 unspecified atom stereocenters. The maximum Gasteiger partial charge on any atom is 0.238 e. The number of halogens is 1. The van der Waals surface area contributed by atoms with E-state index >= 15 is 0 Å². The van der Waals surface area contributed by atoms with Crippen molar-refractivity contribution in [1.82, 2.24) is 4.90 Å². The molecular formula is C15H19BrN2O2. The van der Waals surface area contributed by atoms with Crippen LogP contribution in [0, 0.1) is 0 Å². The van der Waals surface area contributed by atoms with Crippen molar-refractivity contribution < 1.29 is 9.59 Å². The highest BCUT2D eigenvalue weighted by Gasteiger charge is 2.18. The number of Topliss-reactive ketones (excluding diaryl/α,β-unsaturated/α-hetero) is 1. The second kappa shape index (κ2) is 6.99. The van der Waals surface area contributed by atoms with Crippen LogP contribution in [0.4, 0.5) is 5.69 Å². The minimum Gasteiger partial charge on any atom is -0.325 e. The molecular weight excluding hydrogens is 320 g/mol. The second-order valence-corrected chi connectivity index (χ2v) is 5.88. The molecule has 20 heavy (non-hydrogen) atoms. The summed E-state index contributed by atoms with van der Waals surface area (Å²) in [4.78, 5) is 25.1. The number of carbonyl (C=O) groups is 2. The number of nitrogens with one attached hydrogen (secondary N) is 1. The van der Waals surface area contributed by atoms with E-state index in [-0.39, 0.29) is 5.91 Å². The van der Waals surface area contributed by atoms with Crippen LogP contribution in [0.25, 0.3) is 0 Å². The van der Waals surface area contributed by atoms with Gasteiger partial charge in [0.15, 0.2) is 0 Å². The Kier molecular flexibility index (Phi) is 5.31. The Bertz CT molecular complexity index is 507. The van der Waals surface area contributed by atoms with Crippen molar-refractivity contribution in [2.45, 2.75) is 26.2 Å². The Morgan fingerprint density at radius 1 is 1.35 bits per heavy atom. The largest absolute Gasteiger partial charge is 0.325 e. The lowest BCUT2D eigenvalue weighted by molar-refractivity contribution is -0.124. The summed E-state index contributed by atoms with van der Waals surface area (Å²) in [6.45, 7) is 3.81. The van der Waals surface area contributed by atoms with Crippen LogP contribution >= 0.6 is 15.9 Å². The monoisotopic (exact) mass is 338 g/mol. The Morgan fingerprint density at radius 3 is 2.65 bits per heavy atom. The average molecular weight is 339 g/mol. The molecule has 1 aliphatic heterocycles. The van der Waals surface area contributed by atoms with Gasteiger partial charge < -0.3 is 5.32 Å². The Hall–Kier alpha value is -1.20. The fraction of sp³-hybridized carbons (Fsp3) is 0.467. The zero-order chi connectivity index (χ0) is 14.5. The van der Waals surface area contributed by atoms with Gasteiger partial charge in [-0.3, -0.25) is 14.5 Å². The van der Waals surface area contributed by atoms with E-state index in [2.05, 4.69) is 28.2 Å². The molecule has 0 radical (unpaired) electrons. The summed E-state index contributed by atoms with van der Waals surface area (Å²) in [6, 6.07) is 5.86. The smallest absolute Gasteiger partial charge is 0.238 e. The maximum absolute atomic E-state index is 12.0. The molecule has 1 aliphatic rings. The number of rotatable bonds is 4. The highest BCUT2D eigenvalue weighted by molar-refractivity contribution is 9.10. The predicted molar refractivity (Wildman–Crippen MR) is 82.8 cm³/mol. The maximum atomic E-state index is 12.0. The molecule has 1 heterocycles. The van der Waals surface area contributed by atoms with Gasteiger partial charge in [-0.1, -0.05) is 28.9 Å². The highest BCUT2D eigenvalue weighted by Crippen LogP contribution is 2.22. The molecule has 1 aromatic carbocycles. The molecule has 1 fully saturated rings. The Labute approximate surface area is 127 Å². The molecule has 1 amide bonds. The SMILES string of the molecule is CCc1ccc(NC(=O)CN2CCC(=O)CC2)cc1Br. The fourth-order valence-electron chi connectivity index (χ4n) is 2.28. The van der Waals surface area contributed by atoms with Crippen molar-refractivity contribution in [2.24, 2.45) is 0 Å². The zero-order valence-corrected chi connectivity index (χ0v) is 13.2. The standard InChI is InChI=1S/C15H19BrN2O2/c1-2-11-3-4-12(9-14(11)16)17-15(20)10-18-7-5-13(19)6-8-18/h3-4,9H,2,5-8,10H2,1H3,(H,17,20). The number of nitrogens with zero attached hydrogens (tertiary/aromatic N) is 1. The van der Waals surface area contributed by atoms with E-state index in [1.807, 2.05) is 23.1 Å². The van der Waals surface area contributed by atoms with Crippen molar-refractivity contribution >= 4 is 33.3 Å². The molecule has 1 N–H and O–H groups in total. The second-order valence-electron chi connectivity index (χ2n) is 5.02. The van der Waals surface area contributed by atoms with Gasteiger partial charge in [-0.05, 0) is 24.1 Å². The first-order valence-corrected chi connectivity index (χ1v) is 7.70. The van der Waals surface area contributed by atoms with Gasteiger partial charge in [0.1, 0.15) is 5.78 Å². The molecule has 1 saturated heterocycles. The molecule has 0 atom stereocenters. The molecule has 0 saturated carbocycles. The number of anilines is 1. The van der Waals surface area contributed by atoms with E-state index in [0.29, 0.717) is 38.3 Å². The molecule has 4 nitrogen and oxygen atoms in total. The van der Waals surface area contributed by atoms with Gasteiger partial charge in [-0.25, -0.2) is 0 Å².